The van der Waals surface area contributed by atoms with Crippen molar-refractivity contribution in [2.45, 2.75) is 6.10 Å². The van der Waals surface area contributed by atoms with Crippen LogP contribution in [0.25, 0.3) is 5.69 Å². The maximum atomic E-state index is 5.25. The molecule has 0 N–H and O–H groups in total. The van der Waals surface area contributed by atoms with Gasteiger partial charge in [0.15, 0.2) is 0 Å². The number of epoxide rings is 1. The Bertz CT molecular complexity index is 436. The highest BCUT2D eigenvalue weighted by Crippen LogP contribution is 2.33. The highest BCUT2D eigenvalue weighted by molar-refractivity contribution is 5.42. The van der Waals surface area contributed by atoms with Crippen LogP contribution < -0.4 is 0 Å². The van der Waals surface area contributed by atoms with E-state index >= 15 is 0 Å². The van der Waals surface area contributed by atoms with E-state index in [1.165, 1.54) is 0 Å². The molecule has 3 rings (SSSR count). The predicted molar refractivity (Wildman–Crippen MR) is 47.8 cm³/mol. The van der Waals surface area contributed by atoms with E-state index < -0.39 is 0 Å². The first-order valence-corrected chi connectivity index (χ1v) is 4.39. The smallest absolute Gasteiger partial charge is 0.143 e. The molecule has 2 aromatic rings. The van der Waals surface area contributed by atoms with Gasteiger partial charge in [-0.1, -0.05) is 18.2 Å². The Balaban J connectivity index is 2.12. The van der Waals surface area contributed by atoms with Gasteiger partial charge < -0.3 is 4.74 Å². The first-order valence-electron chi connectivity index (χ1n) is 4.39. The summed E-state index contributed by atoms with van der Waals surface area (Å²) in [6.45, 7) is 0.791. The number of nitrogens with zero attached hydrogens (tertiary/aromatic N) is 4. The first kappa shape index (κ1) is 7.64. The number of benzene rings is 1. The third-order valence-electron chi connectivity index (χ3n) is 2.21. The lowest BCUT2D eigenvalue weighted by Crippen LogP contribution is -1.99. The third kappa shape index (κ3) is 1.18. The van der Waals surface area contributed by atoms with Gasteiger partial charge in [-0.3, -0.25) is 0 Å². The van der Waals surface area contributed by atoms with Crippen LogP contribution >= 0.6 is 0 Å². The molecule has 70 valence electrons. The minimum absolute atomic E-state index is 0.218. The largest absolute Gasteiger partial charge is 0.368 e. The van der Waals surface area contributed by atoms with Crippen molar-refractivity contribution in [3.8, 4) is 5.69 Å². The fourth-order valence-corrected chi connectivity index (χ4v) is 1.47. The number of aromatic nitrogens is 4. The van der Waals surface area contributed by atoms with Crippen molar-refractivity contribution in [1.82, 2.24) is 20.2 Å². The van der Waals surface area contributed by atoms with Crippen molar-refractivity contribution in [1.29, 1.82) is 0 Å². The molecule has 0 saturated carbocycles. The van der Waals surface area contributed by atoms with E-state index in [-0.39, 0.29) is 6.10 Å². The molecule has 1 aliphatic rings. The Kier molecular flexibility index (Phi) is 1.57. The van der Waals surface area contributed by atoms with Crippen LogP contribution in [0.2, 0.25) is 0 Å². The predicted octanol–water partition coefficient (Wildman–Crippen LogP) is 0.734. The lowest BCUT2D eigenvalue weighted by Gasteiger charge is -2.04. The van der Waals surface area contributed by atoms with E-state index in [0.717, 1.165) is 17.9 Å². The molecule has 1 aromatic heterocycles. The lowest BCUT2D eigenvalue weighted by molar-refractivity contribution is 0.415. The molecule has 1 aliphatic heterocycles. The molecule has 1 aromatic carbocycles. The molecule has 0 amide bonds. The van der Waals surface area contributed by atoms with Crippen LogP contribution in [0.4, 0.5) is 0 Å². The molecule has 5 heteroatoms. The Morgan fingerprint density at radius 1 is 1.36 bits per heavy atom. The SMILES string of the molecule is c1ccc(-n2cnnn2)c(C2CO2)c1. The topological polar surface area (TPSA) is 56.1 Å². The van der Waals surface area contributed by atoms with Crippen LogP contribution in [0.15, 0.2) is 30.6 Å². The second kappa shape index (κ2) is 2.88. The molecule has 1 unspecified atom stereocenters. The molecule has 5 nitrogen and oxygen atoms in total. The van der Waals surface area contributed by atoms with Crippen LogP contribution in [-0.4, -0.2) is 26.8 Å². The Morgan fingerprint density at radius 2 is 2.21 bits per heavy atom. The van der Waals surface area contributed by atoms with Crippen molar-refractivity contribution < 1.29 is 4.74 Å². The summed E-state index contributed by atoms with van der Waals surface area (Å²) in [5, 5.41) is 11.1. The van der Waals surface area contributed by atoms with Gasteiger partial charge in [0.05, 0.1) is 12.3 Å². The normalized spacial score (nSPS) is 19.6. The molecule has 14 heavy (non-hydrogen) atoms. The zero-order valence-corrected chi connectivity index (χ0v) is 7.37. The fraction of sp³-hybridized carbons (Fsp3) is 0.222. The van der Waals surface area contributed by atoms with Crippen molar-refractivity contribution in [2.24, 2.45) is 0 Å². The quantitative estimate of drug-likeness (QED) is 0.652. The van der Waals surface area contributed by atoms with Gasteiger partial charge in [0.1, 0.15) is 12.4 Å². The summed E-state index contributed by atoms with van der Waals surface area (Å²) >= 11 is 0. The summed E-state index contributed by atoms with van der Waals surface area (Å²) in [7, 11) is 0. The van der Waals surface area contributed by atoms with Crippen LogP contribution in [0, 0.1) is 0 Å². The zero-order chi connectivity index (χ0) is 9.38. The molecule has 0 radical (unpaired) electrons. The minimum Gasteiger partial charge on any atom is -0.368 e. The molecule has 0 spiro atoms. The number of para-hydroxylation sites is 1. The molecule has 1 atom stereocenters. The van der Waals surface area contributed by atoms with Crippen LogP contribution in [0.1, 0.15) is 11.7 Å². The van der Waals surface area contributed by atoms with E-state index in [9.17, 15) is 0 Å². The molecule has 2 heterocycles. The fourth-order valence-electron chi connectivity index (χ4n) is 1.47. The van der Waals surface area contributed by atoms with Crippen molar-refractivity contribution in [3.05, 3.63) is 36.2 Å². The molecule has 0 bridgehead atoms. The van der Waals surface area contributed by atoms with Gasteiger partial charge in [-0.05, 0) is 16.5 Å². The Morgan fingerprint density at radius 3 is 2.93 bits per heavy atom. The van der Waals surface area contributed by atoms with Crippen LogP contribution in [0.3, 0.4) is 0 Å². The van der Waals surface area contributed by atoms with Crippen molar-refractivity contribution in [3.63, 3.8) is 0 Å². The summed E-state index contributed by atoms with van der Waals surface area (Å²) < 4.78 is 6.90. The summed E-state index contributed by atoms with van der Waals surface area (Å²) in [5.74, 6) is 0. The number of tetrazole rings is 1. The number of hydrogen-bond acceptors (Lipinski definition) is 4. The van der Waals surface area contributed by atoms with E-state index in [1.807, 2.05) is 24.3 Å². The highest BCUT2D eigenvalue weighted by atomic mass is 16.6. The number of hydrogen-bond donors (Lipinski definition) is 0. The number of ether oxygens (including phenoxy) is 1. The Labute approximate surface area is 80.3 Å². The lowest BCUT2D eigenvalue weighted by atomic mass is 10.1. The second-order valence-electron chi connectivity index (χ2n) is 3.14. The van der Waals surface area contributed by atoms with E-state index in [0.29, 0.717) is 0 Å². The van der Waals surface area contributed by atoms with Crippen LogP contribution in [-0.2, 0) is 4.74 Å². The van der Waals surface area contributed by atoms with Gasteiger partial charge in [0.2, 0.25) is 0 Å². The van der Waals surface area contributed by atoms with Gasteiger partial charge in [0.25, 0.3) is 0 Å². The van der Waals surface area contributed by atoms with E-state index in [2.05, 4.69) is 15.5 Å². The maximum absolute atomic E-state index is 5.25. The van der Waals surface area contributed by atoms with Gasteiger partial charge >= 0.3 is 0 Å². The summed E-state index contributed by atoms with van der Waals surface area (Å²) in [6.07, 6.45) is 1.80. The molecular formula is C9H8N4O. The van der Waals surface area contributed by atoms with Crippen molar-refractivity contribution >= 4 is 0 Å². The molecular weight excluding hydrogens is 180 g/mol. The average Bonchev–Trinajstić information content (AvgIpc) is 2.94. The standard InChI is InChI=1S/C9H8N4O/c1-2-4-8(13-6-10-11-12-13)7(3-1)9-5-14-9/h1-4,6,9H,5H2. The average molecular weight is 188 g/mol. The number of rotatable bonds is 2. The van der Waals surface area contributed by atoms with Crippen molar-refractivity contribution in [2.75, 3.05) is 6.61 Å². The van der Waals surface area contributed by atoms with E-state index in [4.69, 9.17) is 4.74 Å². The monoisotopic (exact) mass is 188 g/mol. The van der Waals surface area contributed by atoms with Crippen LogP contribution in [0.5, 0.6) is 0 Å². The van der Waals surface area contributed by atoms with Gasteiger partial charge in [0, 0.05) is 5.56 Å². The molecule has 1 saturated heterocycles. The zero-order valence-electron chi connectivity index (χ0n) is 7.37. The van der Waals surface area contributed by atoms with Gasteiger partial charge in [-0.2, -0.15) is 0 Å². The molecule has 1 fully saturated rings. The highest BCUT2D eigenvalue weighted by Gasteiger charge is 2.27. The minimum atomic E-state index is 0.218. The first-order chi connectivity index (χ1) is 6.95. The van der Waals surface area contributed by atoms with Gasteiger partial charge in [-0.25, -0.2) is 4.68 Å². The summed E-state index contributed by atoms with van der Waals surface area (Å²) in [4.78, 5) is 0. The summed E-state index contributed by atoms with van der Waals surface area (Å²) in [5.41, 5.74) is 2.12. The second-order valence-corrected chi connectivity index (χ2v) is 3.14. The van der Waals surface area contributed by atoms with Gasteiger partial charge in [-0.15, -0.1) is 5.10 Å². The third-order valence-corrected chi connectivity index (χ3v) is 2.21. The Hall–Kier alpha value is -1.75. The summed E-state index contributed by atoms with van der Waals surface area (Å²) in [6, 6.07) is 7.97. The van der Waals surface area contributed by atoms with E-state index in [1.54, 1.807) is 11.0 Å². The molecule has 0 aliphatic carbocycles. The maximum Gasteiger partial charge on any atom is 0.143 e.